The van der Waals surface area contributed by atoms with Crippen LogP contribution in [0, 0.1) is 13.8 Å². The SMILES string of the molecule is CCCOc1ccc(/C=N\NC(=O)COc2cc(C)ccc2C)cc1. The number of nitrogens with zero attached hydrogens (tertiary/aromatic N) is 1. The molecule has 0 aromatic heterocycles. The number of hydrogen-bond acceptors (Lipinski definition) is 4. The van der Waals surface area contributed by atoms with Crippen LogP contribution in [-0.4, -0.2) is 25.3 Å². The molecule has 2 rings (SSSR count). The highest BCUT2D eigenvalue weighted by atomic mass is 16.5. The summed E-state index contributed by atoms with van der Waals surface area (Å²) in [6.45, 7) is 6.61. The lowest BCUT2D eigenvalue weighted by atomic mass is 10.1. The molecule has 2 aromatic rings. The fourth-order valence-electron chi connectivity index (χ4n) is 2.09. The molecule has 1 amide bonds. The second-order valence-corrected chi connectivity index (χ2v) is 5.77. The second-order valence-electron chi connectivity index (χ2n) is 5.77. The van der Waals surface area contributed by atoms with Crippen molar-refractivity contribution < 1.29 is 14.3 Å². The van der Waals surface area contributed by atoms with Gasteiger partial charge in [-0.05, 0) is 67.3 Å². The molecule has 0 fully saturated rings. The van der Waals surface area contributed by atoms with Gasteiger partial charge in [-0.2, -0.15) is 5.10 Å². The third-order valence-corrected chi connectivity index (χ3v) is 3.46. The first-order chi connectivity index (χ1) is 12.1. The Labute approximate surface area is 148 Å². The van der Waals surface area contributed by atoms with Gasteiger partial charge in [0.2, 0.25) is 0 Å². The van der Waals surface area contributed by atoms with Crippen molar-refractivity contribution in [1.82, 2.24) is 5.43 Å². The maximum absolute atomic E-state index is 11.8. The zero-order chi connectivity index (χ0) is 18.1. The van der Waals surface area contributed by atoms with Gasteiger partial charge in [-0.1, -0.05) is 19.1 Å². The van der Waals surface area contributed by atoms with Crippen LogP contribution in [0.1, 0.15) is 30.0 Å². The molecule has 2 aromatic carbocycles. The molecule has 1 N–H and O–H groups in total. The number of ether oxygens (including phenoxy) is 2. The highest BCUT2D eigenvalue weighted by Crippen LogP contribution is 2.18. The molecule has 5 heteroatoms. The van der Waals surface area contributed by atoms with E-state index in [2.05, 4.69) is 17.5 Å². The van der Waals surface area contributed by atoms with E-state index in [1.807, 2.05) is 56.3 Å². The smallest absolute Gasteiger partial charge is 0.277 e. The summed E-state index contributed by atoms with van der Waals surface area (Å²) in [6, 6.07) is 13.4. The van der Waals surface area contributed by atoms with E-state index in [0.29, 0.717) is 12.4 Å². The monoisotopic (exact) mass is 340 g/mol. The number of hydrazone groups is 1. The molecular formula is C20H24N2O3. The molecule has 0 saturated heterocycles. The molecule has 0 saturated carbocycles. The average Bonchev–Trinajstić information content (AvgIpc) is 2.62. The fraction of sp³-hybridized carbons (Fsp3) is 0.300. The van der Waals surface area contributed by atoms with Gasteiger partial charge >= 0.3 is 0 Å². The van der Waals surface area contributed by atoms with Crippen molar-refractivity contribution in [1.29, 1.82) is 0 Å². The van der Waals surface area contributed by atoms with Gasteiger partial charge in [-0.15, -0.1) is 0 Å². The number of rotatable bonds is 8. The van der Waals surface area contributed by atoms with Crippen molar-refractivity contribution in [3.63, 3.8) is 0 Å². The Hall–Kier alpha value is -2.82. The summed E-state index contributed by atoms with van der Waals surface area (Å²) in [5, 5.41) is 3.94. The van der Waals surface area contributed by atoms with Gasteiger partial charge in [0.15, 0.2) is 6.61 Å². The minimum absolute atomic E-state index is 0.0779. The number of hydrogen-bond donors (Lipinski definition) is 1. The first-order valence-corrected chi connectivity index (χ1v) is 8.33. The van der Waals surface area contributed by atoms with E-state index >= 15 is 0 Å². The molecule has 5 nitrogen and oxygen atoms in total. The first kappa shape index (κ1) is 18.5. The standard InChI is InChI=1S/C20H24N2O3/c1-4-11-24-18-9-7-17(8-10-18)13-21-22-20(23)14-25-19-12-15(2)5-6-16(19)3/h5-10,12-13H,4,11,14H2,1-3H3,(H,22,23)/b21-13-. The molecule has 0 aliphatic carbocycles. The Kier molecular flexibility index (Phi) is 7.01. The van der Waals surface area contributed by atoms with Crippen LogP contribution < -0.4 is 14.9 Å². The number of nitrogens with one attached hydrogen (secondary N) is 1. The predicted molar refractivity (Wildman–Crippen MR) is 99.4 cm³/mol. The van der Waals surface area contributed by atoms with Crippen LogP contribution in [0.3, 0.4) is 0 Å². The van der Waals surface area contributed by atoms with E-state index in [4.69, 9.17) is 9.47 Å². The summed E-state index contributed by atoms with van der Waals surface area (Å²) in [4.78, 5) is 11.8. The average molecular weight is 340 g/mol. The Morgan fingerprint density at radius 2 is 1.88 bits per heavy atom. The molecular weight excluding hydrogens is 316 g/mol. The maximum atomic E-state index is 11.8. The van der Waals surface area contributed by atoms with E-state index in [-0.39, 0.29) is 12.5 Å². The van der Waals surface area contributed by atoms with Gasteiger partial charge in [0.05, 0.1) is 12.8 Å². The van der Waals surface area contributed by atoms with Crippen LogP contribution in [0.5, 0.6) is 11.5 Å². The van der Waals surface area contributed by atoms with Crippen LogP contribution in [0.25, 0.3) is 0 Å². The highest BCUT2D eigenvalue weighted by molar-refractivity contribution is 5.83. The molecule has 25 heavy (non-hydrogen) atoms. The zero-order valence-electron chi connectivity index (χ0n) is 14.9. The van der Waals surface area contributed by atoms with E-state index < -0.39 is 0 Å². The van der Waals surface area contributed by atoms with Crippen LogP contribution in [0.15, 0.2) is 47.6 Å². The van der Waals surface area contributed by atoms with Crippen molar-refractivity contribution in [3.05, 3.63) is 59.2 Å². The van der Waals surface area contributed by atoms with Crippen molar-refractivity contribution in [2.24, 2.45) is 5.10 Å². The van der Waals surface area contributed by atoms with Crippen molar-refractivity contribution in [2.75, 3.05) is 13.2 Å². The van der Waals surface area contributed by atoms with Gasteiger partial charge in [0.25, 0.3) is 5.91 Å². The van der Waals surface area contributed by atoms with E-state index in [1.54, 1.807) is 6.21 Å². The predicted octanol–water partition coefficient (Wildman–Crippen LogP) is 3.62. The van der Waals surface area contributed by atoms with Crippen molar-refractivity contribution in [2.45, 2.75) is 27.2 Å². The lowest BCUT2D eigenvalue weighted by molar-refractivity contribution is -0.123. The number of carbonyl (C=O) groups excluding carboxylic acids is 1. The Bertz CT molecular complexity index is 724. The summed E-state index contributed by atoms with van der Waals surface area (Å²) < 4.78 is 11.0. The van der Waals surface area contributed by atoms with E-state index in [9.17, 15) is 4.79 Å². The fourth-order valence-corrected chi connectivity index (χ4v) is 2.09. The van der Waals surface area contributed by atoms with Gasteiger partial charge in [-0.3, -0.25) is 4.79 Å². The molecule has 132 valence electrons. The Morgan fingerprint density at radius 1 is 1.12 bits per heavy atom. The van der Waals surface area contributed by atoms with Crippen LogP contribution in [0.4, 0.5) is 0 Å². The number of aryl methyl sites for hydroxylation is 2. The molecule has 0 bridgehead atoms. The second kappa shape index (κ2) is 9.47. The van der Waals surface area contributed by atoms with Gasteiger partial charge in [0.1, 0.15) is 11.5 Å². The summed E-state index contributed by atoms with van der Waals surface area (Å²) in [6.07, 6.45) is 2.55. The minimum atomic E-state index is -0.306. The number of benzene rings is 2. The largest absolute Gasteiger partial charge is 0.494 e. The van der Waals surface area contributed by atoms with Gasteiger partial charge < -0.3 is 9.47 Å². The Morgan fingerprint density at radius 3 is 2.60 bits per heavy atom. The van der Waals surface area contributed by atoms with Crippen molar-refractivity contribution >= 4 is 12.1 Å². The van der Waals surface area contributed by atoms with Gasteiger partial charge in [0, 0.05) is 0 Å². The summed E-state index contributed by atoms with van der Waals surface area (Å²) in [5.41, 5.74) is 5.41. The van der Waals surface area contributed by atoms with E-state index in [0.717, 1.165) is 28.9 Å². The third-order valence-electron chi connectivity index (χ3n) is 3.46. The number of carbonyl (C=O) groups is 1. The zero-order valence-corrected chi connectivity index (χ0v) is 14.9. The van der Waals surface area contributed by atoms with Crippen LogP contribution in [0.2, 0.25) is 0 Å². The van der Waals surface area contributed by atoms with E-state index in [1.165, 1.54) is 0 Å². The molecule has 0 heterocycles. The Balaban J connectivity index is 1.79. The van der Waals surface area contributed by atoms with Crippen molar-refractivity contribution in [3.8, 4) is 11.5 Å². The number of amides is 1. The summed E-state index contributed by atoms with van der Waals surface area (Å²) in [5.74, 6) is 1.23. The quantitative estimate of drug-likeness (QED) is 0.590. The molecule has 0 aliphatic rings. The topological polar surface area (TPSA) is 59.9 Å². The molecule has 0 aliphatic heterocycles. The van der Waals surface area contributed by atoms with Crippen LogP contribution >= 0.6 is 0 Å². The van der Waals surface area contributed by atoms with Crippen LogP contribution in [-0.2, 0) is 4.79 Å². The molecule has 0 radical (unpaired) electrons. The molecule has 0 unspecified atom stereocenters. The maximum Gasteiger partial charge on any atom is 0.277 e. The lowest BCUT2D eigenvalue weighted by Crippen LogP contribution is -2.24. The highest BCUT2D eigenvalue weighted by Gasteiger charge is 2.04. The van der Waals surface area contributed by atoms with Gasteiger partial charge in [-0.25, -0.2) is 5.43 Å². The molecule has 0 atom stereocenters. The lowest BCUT2D eigenvalue weighted by Gasteiger charge is -2.08. The normalized spacial score (nSPS) is 10.7. The molecule has 0 spiro atoms. The third kappa shape index (κ3) is 6.30. The first-order valence-electron chi connectivity index (χ1n) is 8.33. The minimum Gasteiger partial charge on any atom is -0.494 e. The summed E-state index contributed by atoms with van der Waals surface area (Å²) >= 11 is 0. The summed E-state index contributed by atoms with van der Waals surface area (Å²) in [7, 11) is 0.